The Balaban J connectivity index is 2.07. The molecule has 0 aliphatic rings. The normalized spacial score (nSPS) is 12.1. The highest BCUT2D eigenvalue weighted by Crippen LogP contribution is 2.26. The summed E-state index contributed by atoms with van der Waals surface area (Å²) < 4.78 is 0. The van der Waals surface area contributed by atoms with Crippen molar-refractivity contribution >= 4 is 17.4 Å². The Morgan fingerprint density at radius 3 is 2.30 bits per heavy atom. The number of Topliss-reactive ketones (excluding diaryl/α,β-unsaturated/α-hetero) is 1. The summed E-state index contributed by atoms with van der Waals surface area (Å²) in [6.07, 6.45) is 2.56. The van der Waals surface area contributed by atoms with Gasteiger partial charge in [-0.2, -0.15) is 0 Å². The van der Waals surface area contributed by atoms with E-state index in [2.05, 4.69) is 24.3 Å². The maximum Gasteiger partial charge on any atom is 0.130 e. The van der Waals surface area contributed by atoms with E-state index in [0.717, 1.165) is 17.9 Å². The van der Waals surface area contributed by atoms with Crippen LogP contribution in [-0.4, -0.2) is 5.78 Å². The highest BCUT2D eigenvalue weighted by atomic mass is 35.5. The molecule has 0 saturated heterocycles. The Bertz CT molecular complexity index is 545. The molecule has 2 heteroatoms. The minimum atomic E-state index is 0.234. The van der Waals surface area contributed by atoms with E-state index in [1.54, 1.807) is 6.92 Å². The molecule has 0 radical (unpaired) electrons. The standard InChI is InChI=1S/C18H19ClO/c1-14(20)13-17(16-9-11-18(19)12-10-16)8-7-15-5-3-2-4-6-15/h2-6,9-12,17H,7-8,13H2,1H3. The zero-order valence-electron chi connectivity index (χ0n) is 11.7. The van der Waals surface area contributed by atoms with Crippen molar-refractivity contribution in [2.24, 2.45) is 0 Å². The van der Waals surface area contributed by atoms with Gasteiger partial charge in [0.15, 0.2) is 0 Å². The smallest absolute Gasteiger partial charge is 0.130 e. The van der Waals surface area contributed by atoms with Gasteiger partial charge in [0.05, 0.1) is 0 Å². The Labute approximate surface area is 125 Å². The van der Waals surface area contributed by atoms with Crippen LogP contribution in [0.4, 0.5) is 0 Å². The summed E-state index contributed by atoms with van der Waals surface area (Å²) in [6.45, 7) is 1.66. The average Bonchev–Trinajstić information content (AvgIpc) is 2.45. The van der Waals surface area contributed by atoms with Gasteiger partial charge in [-0.05, 0) is 48.9 Å². The van der Waals surface area contributed by atoms with Crippen LogP contribution in [0.15, 0.2) is 54.6 Å². The quantitative estimate of drug-likeness (QED) is 0.727. The molecule has 0 aliphatic heterocycles. The maximum absolute atomic E-state index is 11.5. The molecule has 20 heavy (non-hydrogen) atoms. The molecule has 1 nitrogen and oxygen atoms in total. The molecular weight excluding hydrogens is 268 g/mol. The first-order chi connectivity index (χ1) is 9.65. The third kappa shape index (κ3) is 4.50. The summed E-state index contributed by atoms with van der Waals surface area (Å²) in [7, 11) is 0. The van der Waals surface area contributed by atoms with E-state index < -0.39 is 0 Å². The van der Waals surface area contributed by atoms with Crippen molar-refractivity contribution < 1.29 is 4.79 Å². The molecule has 0 N–H and O–H groups in total. The van der Waals surface area contributed by atoms with E-state index in [9.17, 15) is 4.79 Å². The van der Waals surface area contributed by atoms with Crippen LogP contribution < -0.4 is 0 Å². The van der Waals surface area contributed by atoms with Crippen LogP contribution in [0, 0.1) is 0 Å². The fraction of sp³-hybridized carbons (Fsp3) is 0.278. The lowest BCUT2D eigenvalue weighted by Crippen LogP contribution is -2.06. The van der Waals surface area contributed by atoms with Crippen LogP contribution >= 0.6 is 11.6 Å². The fourth-order valence-corrected chi connectivity index (χ4v) is 2.58. The van der Waals surface area contributed by atoms with E-state index in [-0.39, 0.29) is 11.7 Å². The molecule has 0 aromatic heterocycles. The van der Waals surface area contributed by atoms with Crippen LogP contribution in [0.3, 0.4) is 0 Å². The first-order valence-corrected chi connectivity index (χ1v) is 7.32. The molecule has 0 saturated carbocycles. The maximum atomic E-state index is 11.5. The summed E-state index contributed by atoms with van der Waals surface area (Å²) in [5.41, 5.74) is 2.51. The van der Waals surface area contributed by atoms with E-state index in [4.69, 9.17) is 11.6 Å². The monoisotopic (exact) mass is 286 g/mol. The third-order valence-electron chi connectivity index (χ3n) is 3.50. The molecule has 104 valence electrons. The number of hydrogen-bond donors (Lipinski definition) is 0. The highest BCUT2D eigenvalue weighted by molar-refractivity contribution is 6.30. The van der Waals surface area contributed by atoms with Gasteiger partial charge in [0.25, 0.3) is 0 Å². The summed E-state index contributed by atoms with van der Waals surface area (Å²) >= 11 is 5.93. The van der Waals surface area contributed by atoms with Crippen molar-refractivity contribution in [2.45, 2.75) is 32.1 Å². The lowest BCUT2D eigenvalue weighted by Gasteiger charge is -2.16. The number of rotatable bonds is 6. The molecule has 1 atom stereocenters. The molecule has 2 rings (SSSR count). The first-order valence-electron chi connectivity index (χ1n) is 6.94. The van der Waals surface area contributed by atoms with Crippen molar-refractivity contribution in [1.82, 2.24) is 0 Å². The molecule has 0 aliphatic carbocycles. The minimum absolute atomic E-state index is 0.234. The molecule has 1 unspecified atom stereocenters. The van der Waals surface area contributed by atoms with Gasteiger partial charge in [-0.15, -0.1) is 0 Å². The van der Waals surface area contributed by atoms with Gasteiger partial charge >= 0.3 is 0 Å². The number of aryl methyl sites for hydroxylation is 1. The van der Waals surface area contributed by atoms with E-state index >= 15 is 0 Å². The number of ketones is 1. The second-order valence-electron chi connectivity index (χ2n) is 5.18. The summed E-state index contributed by atoms with van der Waals surface area (Å²) in [5.74, 6) is 0.503. The van der Waals surface area contributed by atoms with Crippen LogP contribution in [0.2, 0.25) is 5.02 Å². The highest BCUT2D eigenvalue weighted by Gasteiger charge is 2.14. The van der Waals surface area contributed by atoms with Crippen LogP contribution in [0.25, 0.3) is 0 Å². The van der Waals surface area contributed by atoms with Crippen LogP contribution in [0.5, 0.6) is 0 Å². The molecule has 2 aromatic rings. The van der Waals surface area contributed by atoms with Gasteiger partial charge < -0.3 is 4.79 Å². The predicted molar refractivity (Wildman–Crippen MR) is 84.3 cm³/mol. The SMILES string of the molecule is CC(=O)CC(CCc1ccccc1)c1ccc(Cl)cc1. The fourth-order valence-electron chi connectivity index (χ4n) is 2.45. The summed E-state index contributed by atoms with van der Waals surface area (Å²) in [5, 5.41) is 0.735. The number of benzene rings is 2. The molecule has 2 aromatic carbocycles. The van der Waals surface area contributed by atoms with Gasteiger partial charge in [-0.3, -0.25) is 0 Å². The Morgan fingerprint density at radius 2 is 1.70 bits per heavy atom. The average molecular weight is 287 g/mol. The summed E-state index contributed by atoms with van der Waals surface area (Å²) in [6, 6.07) is 18.2. The largest absolute Gasteiger partial charge is 0.300 e. The molecular formula is C18H19ClO. The van der Waals surface area contributed by atoms with Gasteiger partial charge in [0, 0.05) is 11.4 Å². The molecule has 0 heterocycles. The molecule has 0 amide bonds. The van der Waals surface area contributed by atoms with E-state index in [1.165, 1.54) is 11.1 Å². The number of halogens is 1. The van der Waals surface area contributed by atoms with Gasteiger partial charge in [-0.25, -0.2) is 0 Å². The van der Waals surface area contributed by atoms with E-state index in [0.29, 0.717) is 6.42 Å². The van der Waals surface area contributed by atoms with E-state index in [1.807, 2.05) is 30.3 Å². The number of carbonyl (C=O) groups is 1. The van der Waals surface area contributed by atoms with Gasteiger partial charge in [-0.1, -0.05) is 54.1 Å². The zero-order chi connectivity index (χ0) is 14.4. The molecule has 0 fully saturated rings. The summed E-state index contributed by atoms with van der Waals surface area (Å²) in [4.78, 5) is 11.5. The van der Waals surface area contributed by atoms with Crippen molar-refractivity contribution in [1.29, 1.82) is 0 Å². The van der Waals surface area contributed by atoms with Crippen molar-refractivity contribution in [3.8, 4) is 0 Å². The Morgan fingerprint density at radius 1 is 1.05 bits per heavy atom. The second-order valence-corrected chi connectivity index (χ2v) is 5.62. The molecule has 0 spiro atoms. The van der Waals surface area contributed by atoms with Gasteiger partial charge in [0.2, 0.25) is 0 Å². The lowest BCUT2D eigenvalue weighted by atomic mass is 9.88. The topological polar surface area (TPSA) is 17.1 Å². The van der Waals surface area contributed by atoms with Gasteiger partial charge in [0.1, 0.15) is 5.78 Å². The predicted octanol–water partition coefficient (Wildman–Crippen LogP) is 5.04. The van der Waals surface area contributed by atoms with Crippen LogP contribution in [0.1, 0.15) is 36.8 Å². The minimum Gasteiger partial charge on any atom is -0.300 e. The number of carbonyl (C=O) groups excluding carboxylic acids is 1. The van der Waals surface area contributed by atoms with Crippen LogP contribution in [-0.2, 0) is 11.2 Å². The first kappa shape index (κ1) is 14.8. The zero-order valence-corrected chi connectivity index (χ0v) is 12.4. The second kappa shape index (κ2) is 7.25. The van der Waals surface area contributed by atoms with Crippen molar-refractivity contribution in [3.05, 3.63) is 70.7 Å². The Hall–Kier alpha value is -1.60. The lowest BCUT2D eigenvalue weighted by molar-refractivity contribution is -0.117. The van der Waals surface area contributed by atoms with Crippen molar-refractivity contribution in [2.75, 3.05) is 0 Å². The Kier molecular flexibility index (Phi) is 5.37. The molecule has 0 bridgehead atoms. The van der Waals surface area contributed by atoms with Crippen molar-refractivity contribution in [3.63, 3.8) is 0 Å². The number of hydrogen-bond acceptors (Lipinski definition) is 1. The third-order valence-corrected chi connectivity index (χ3v) is 3.75.